The van der Waals surface area contributed by atoms with Crippen LogP contribution in [0.3, 0.4) is 0 Å². The van der Waals surface area contributed by atoms with Crippen LogP contribution in [-0.2, 0) is 9.59 Å². The second-order valence-corrected chi connectivity index (χ2v) is 4.71. The third-order valence-corrected chi connectivity index (χ3v) is 3.28. The van der Waals surface area contributed by atoms with E-state index in [4.69, 9.17) is 0 Å². The largest absolute Gasteiger partial charge is 0.388 e. The van der Waals surface area contributed by atoms with E-state index in [0.29, 0.717) is 12.1 Å². The molecule has 0 atom stereocenters. The van der Waals surface area contributed by atoms with E-state index in [2.05, 4.69) is 15.8 Å². The number of rotatable bonds is 3. The fourth-order valence-electron chi connectivity index (χ4n) is 2.19. The highest BCUT2D eigenvalue weighted by Gasteiger charge is 2.32. The van der Waals surface area contributed by atoms with Crippen molar-refractivity contribution in [2.75, 3.05) is 6.54 Å². The van der Waals surface area contributed by atoms with Crippen molar-refractivity contribution in [2.24, 2.45) is 5.10 Å². The van der Waals surface area contributed by atoms with Crippen molar-refractivity contribution < 1.29 is 14.7 Å². The average molecular weight is 239 g/mol. The highest BCUT2D eigenvalue weighted by molar-refractivity contribution is 6.39. The summed E-state index contributed by atoms with van der Waals surface area (Å²) >= 11 is 0. The molecule has 3 N–H and O–H groups in total. The van der Waals surface area contributed by atoms with Gasteiger partial charge in [-0.25, -0.2) is 5.43 Å². The normalized spacial score (nSPS) is 22.9. The van der Waals surface area contributed by atoms with Crippen molar-refractivity contribution in [2.45, 2.75) is 44.1 Å². The highest BCUT2D eigenvalue weighted by Crippen LogP contribution is 2.28. The first-order chi connectivity index (χ1) is 8.09. The zero-order chi connectivity index (χ0) is 12.3. The first kappa shape index (κ1) is 12.0. The van der Waals surface area contributed by atoms with Crippen LogP contribution < -0.4 is 10.7 Å². The van der Waals surface area contributed by atoms with E-state index in [9.17, 15) is 14.7 Å². The average Bonchev–Trinajstić information content (AvgIpc) is 2.75. The van der Waals surface area contributed by atoms with Gasteiger partial charge < -0.3 is 10.4 Å². The Morgan fingerprint density at radius 2 is 2.12 bits per heavy atom. The molecular weight excluding hydrogens is 222 g/mol. The summed E-state index contributed by atoms with van der Waals surface area (Å²) in [6, 6.07) is 0. The van der Waals surface area contributed by atoms with Crippen LogP contribution in [0.1, 0.15) is 38.5 Å². The quantitative estimate of drug-likeness (QED) is 0.630. The van der Waals surface area contributed by atoms with Crippen molar-refractivity contribution in [3.05, 3.63) is 0 Å². The van der Waals surface area contributed by atoms with E-state index in [-0.39, 0.29) is 24.8 Å². The monoisotopic (exact) mass is 239 g/mol. The fraction of sp³-hybridized carbons (Fsp3) is 0.727. The van der Waals surface area contributed by atoms with Gasteiger partial charge in [-0.1, -0.05) is 12.8 Å². The summed E-state index contributed by atoms with van der Waals surface area (Å²) in [6.45, 7) is 0.263. The molecule has 6 nitrogen and oxygen atoms in total. The van der Waals surface area contributed by atoms with Crippen LogP contribution in [0.2, 0.25) is 0 Å². The van der Waals surface area contributed by atoms with Gasteiger partial charge in [-0.2, -0.15) is 5.10 Å². The Morgan fingerprint density at radius 3 is 2.71 bits per heavy atom. The molecule has 0 spiro atoms. The van der Waals surface area contributed by atoms with E-state index in [0.717, 1.165) is 25.7 Å². The number of hydrazone groups is 1. The van der Waals surface area contributed by atoms with Crippen LogP contribution in [0.15, 0.2) is 5.10 Å². The molecule has 0 radical (unpaired) electrons. The molecule has 0 bridgehead atoms. The lowest BCUT2D eigenvalue weighted by molar-refractivity contribution is -0.121. The van der Waals surface area contributed by atoms with Gasteiger partial charge in [0.15, 0.2) is 0 Å². The molecule has 0 aromatic rings. The number of nitrogens with one attached hydrogen (secondary N) is 2. The van der Waals surface area contributed by atoms with E-state index in [1.807, 2.05) is 0 Å². The van der Waals surface area contributed by atoms with Crippen molar-refractivity contribution >= 4 is 17.5 Å². The standard InChI is InChI=1S/C11H17N3O3/c15-9-4-3-8(13-14-9)10(16)12-7-11(17)5-1-2-6-11/h17H,1-7H2,(H,12,16)(H,14,15). The van der Waals surface area contributed by atoms with Crippen LogP contribution in [0.4, 0.5) is 0 Å². The van der Waals surface area contributed by atoms with E-state index >= 15 is 0 Å². The maximum atomic E-state index is 11.7. The van der Waals surface area contributed by atoms with Gasteiger partial charge in [0.05, 0.1) is 5.60 Å². The first-order valence-electron chi connectivity index (χ1n) is 5.95. The zero-order valence-corrected chi connectivity index (χ0v) is 9.66. The lowest BCUT2D eigenvalue weighted by atomic mass is 10.0. The predicted octanol–water partition coefficient (Wildman–Crippen LogP) is -0.326. The summed E-state index contributed by atoms with van der Waals surface area (Å²) < 4.78 is 0. The predicted molar refractivity (Wildman–Crippen MR) is 61.2 cm³/mol. The van der Waals surface area contributed by atoms with Crippen molar-refractivity contribution in [3.8, 4) is 0 Å². The molecular formula is C11H17N3O3. The van der Waals surface area contributed by atoms with Crippen LogP contribution in [0, 0.1) is 0 Å². The first-order valence-corrected chi connectivity index (χ1v) is 5.95. The Labute approximate surface area is 99.5 Å². The van der Waals surface area contributed by atoms with Gasteiger partial charge in [-0.05, 0) is 12.8 Å². The summed E-state index contributed by atoms with van der Waals surface area (Å²) in [5.41, 5.74) is 1.85. The maximum absolute atomic E-state index is 11.7. The molecule has 1 saturated carbocycles. The molecule has 6 heteroatoms. The maximum Gasteiger partial charge on any atom is 0.267 e. The summed E-state index contributed by atoms with van der Waals surface area (Å²) in [7, 11) is 0. The lowest BCUT2D eigenvalue weighted by Gasteiger charge is -2.22. The molecule has 1 fully saturated rings. The van der Waals surface area contributed by atoms with E-state index in [1.54, 1.807) is 0 Å². The Kier molecular flexibility index (Phi) is 3.42. The number of carbonyl (C=O) groups is 2. The van der Waals surface area contributed by atoms with Crippen LogP contribution in [0.25, 0.3) is 0 Å². The summed E-state index contributed by atoms with van der Waals surface area (Å²) in [4.78, 5) is 22.6. The molecule has 0 aromatic heterocycles. The minimum absolute atomic E-state index is 0.170. The minimum atomic E-state index is -0.756. The van der Waals surface area contributed by atoms with Gasteiger partial charge in [0.1, 0.15) is 5.71 Å². The van der Waals surface area contributed by atoms with Crippen molar-refractivity contribution in [3.63, 3.8) is 0 Å². The Hall–Kier alpha value is -1.43. The summed E-state index contributed by atoms with van der Waals surface area (Å²) in [5.74, 6) is -0.471. The van der Waals surface area contributed by atoms with Gasteiger partial charge in [0.25, 0.3) is 5.91 Å². The SMILES string of the molecule is O=C1CCC(C(=O)NCC2(O)CCCC2)=NN1. The van der Waals surface area contributed by atoms with Gasteiger partial charge in [-0.3, -0.25) is 9.59 Å². The lowest BCUT2D eigenvalue weighted by Crippen LogP contribution is -2.44. The van der Waals surface area contributed by atoms with Gasteiger partial charge in [0, 0.05) is 19.4 Å². The summed E-state index contributed by atoms with van der Waals surface area (Å²) in [5, 5.41) is 16.4. The topological polar surface area (TPSA) is 90.8 Å². The second-order valence-electron chi connectivity index (χ2n) is 4.71. The highest BCUT2D eigenvalue weighted by atomic mass is 16.3. The fourth-order valence-corrected chi connectivity index (χ4v) is 2.19. The molecule has 0 unspecified atom stereocenters. The molecule has 94 valence electrons. The number of amides is 2. The Morgan fingerprint density at radius 1 is 1.41 bits per heavy atom. The molecule has 1 aliphatic carbocycles. The molecule has 1 heterocycles. The summed E-state index contributed by atoms with van der Waals surface area (Å²) in [6.07, 6.45) is 4.12. The second kappa shape index (κ2) is 4.83. The number of hydrogen-bond acceptors (Lipinski definition) is 4. The number of hydrogen-bond donors (Lipinski definition) is 3. The smallest absolute Gasteiger partial charge is 0.267 e. The molecule has 17 heavy (non-hydrogen) atoms. The number of carbonyl (C=O) groups excluding carboxylic acids is 2. The number of aliphatic hydroxyl groups is 1. The van der Waals surface area contributed by atoms with Crippen molar-refractivity contribution in [1.29, 1.82) is 0 Å². The molecule has 0 saturated heterocycles. The zero-order valence-electron chi connectivity index (χ0n) is 9.66. The number of nitrogens with zero attached hydrogens (tertiary/aromatic N) is 1. The third-order valence-electron chi connectivity index (χ3n) is 3.28. The molecule has 0 aromatic carbocycles. The minimum Gasteiger partial charge on any atom is -0.388 e. The van der Waals surface area contributed by atoms with Gasteiger partial charge in [0.2, 0.25) is 5.91 Å². The van der Waals surface area contributed by atoms with Gasteiger partial charge >= 0.3 is 0 Å². The van der Waals surface area contributed by atoms with Crippen LogP contribution in [0.5, 0.6) is 0 Å². The molecule has 1 aliphatic heterocycles. The van der Waals surface area contributed by atoms with Gasteiger partial charge in [-0.15, -0.1) is 0 Å². The van der Waals surface area contributed by atoms with E-state index in [1.165, 1.54) is 0 Å². The van der Waals surface area contributed by atoms with Crippen LogP contribution in [-0.4, -0.2) is 34.8 Å². The third kappa shape index (κ3) is 3.03. The Bertz CT molecular complexity index is 359. The molecule has 2 aliphatic rings. The van der Waals surface area contributed by atoms with E-state index < -0.39 is 5.60 Å². The molecule has 2 amide bonds. The van der Waals surface area contributed by atoms with Crippen LogP contribution >= 0.6 is 0 Å². The molecule has 2 rings (SSSR count). The van der Waals surface area contributed by atoms with Crippen molar-refractivity contribution in [1.82, 2.24) is 10.7 Å². The Balaban J connectivity index is 1.83.